The van der Waals surface area contributed by atoms with E-state index in [-0.39, 0.29) is 50.2 Å². The molecule has 2 aromatic rings. The molecule has 2 aromatic carbocycles. The van der Waals surface area contributed by atoms with Crippen molar-refractivity contribution < 1.29 is 57.4 Å². The van der Waals surface area contributed by atoms with Crippen molar-refractivity contribution in [3.8, 4) is 0 Å². The third kappa shape index (κ3) is 11.5. The molecular weight excluding hydrogens is 588 g/mol. The number of carbonyl (C=O) groups excluding carboxylic acids is 3. The van der Waals surface area contributed by atoms with Crippen molar-refractivity contribution in [1.82, 2.24) is 0 Å². The molecule has 0 bridgehead atoms. The second-order valence-corrected chi connectivity index (χ2v) is 10.8. The fraction of sp³-hybridized carbons (Fsp3) is 0.545. The minimum atomic E-state index is -1.30. The first-order valence-corrected chi connectivity index (χ1v) is 14.8. The third-order valence-corrected chi connectivity index (χ3v) is 7.34. The van der Waals surface area contributed by atoms with Crippen molar-refractivity contribution in [2.24, 2.45) is 5.92 Å². The SMILES string of the molecule is COC(=O)C1OCC(OC(C)=O)[C@H](OCc2ccccc2)[C@@H]1O.CO[C@H]1OC(COC(C)=O)C[C@@H](OCc2ccccc2)C1C. The van der Waals surface area contributed by atoms with Crippen molar-refractivity contribution >= 4 is 17.9 Å². The van der Waals surface area contributed by atoms with E-state index in [1.807, 2.05) is 67.6 Å². The zero-order valence-corrected chi connectivity index (χ0v) is 26.4. The Bertz CT molecular complexity index is 1180. The Morgan fingerprint density at radius 2 is 1.47 bits per heavy atom. The molecule has 0 aromatic heterocycles. The van der Waals surface area contributed by atoms with Crippen molar-refractivity contribution in [2.45, 2.75) is 83.3 Å². The summed E-state index contributed by atoms with van der Waals surface area (Å²) in [6.45, 7) is 5.62. The van der Waals surface area contributed by atoms with E-state index in [0.29, 0.717) is 13.0 Å². The molecule has 0 spiro atoms. The number of methoxy groups -OCH3 is 2. The highest BCUT2D eigenvalue weighted by molar-refractivity contribution is 5.75. The number of ether oxygens (including phenoxy) is 8. The average Bonchev–Trinajstić information content (AvgIpc) is 3.04. The zero-order chi connectivity index (χ0) is 32.8. The normalized spacial score (nSPS) is 27.8. The van der Waals surface area contributed by atoms with Crippen LogP contribution in [-0.4, -0.2) is 93.4 Å². The molecule has 2 saturated heterocycles. The highest BCUT2D eigenvalue weighted by Gasteiger charge is 2.46. The second kappa shape index (κ2) is 18.5. The molecule has 1 N–H and O–H groups in total. The summed E-state index contributed by atoms with van der Waals surface area (Å²) >= 11 is 0. The highest BCUT2D eigenvalue weighted by atomic mass is 16.7. The Labute approximate surface area is 263 Å². The van der Waals surface area contributed by atoms with Gasteiger partial charge in [0, 0.05) is 33.3 Å². The molecule has 12 heteroatoms. The number of aliphatic hydroxyl groups excluding tert-OH is 1. The smallest absolute Gasteiger partial charge is 0.337 e. The Kier molecular flexibility index (Phi) is 14.9. The molecule has 0 radical (unpaired) electrons. The van der Waals surface area contributed by atoms with Crippen molar-refractivity contribution in [1.29, 1.82) is 0 Å². The van der Waals surface area contributed by atoms with E-state index < -0.39 is 36.4 Å². The molecule has 2 aliphatic heterocycles. The van der Waals surface area contributed by atoms with Crippen LogP contribution in [0.3, 0.4) is 0 Å². The monoisotopic (exact) mass is 632 g/mol. The molecule has 2 heterocycles. The first kappa shape index (κ1) is 36.1. The summed E-state index contributed by atoms with van der Waals surface area (Å²) in [6.07, 6.45) is -4.04. The molecule has 2 fully saturated rings. The Balaban J connectivity index is 0.000000246. The van der Waals surface area contributed by atoms with Gasteiger partial charge in [-0.05, 0) is 11.1 Å². The van der Waals surface area contributed by atoms with E-state index in [2.05, 4.69) is 4.74 Å². The van der Waals surface area contributed by atoms with Crippen LogP contribution in [0, 0.1) is 5.92 Å². The zero-order valence-electron chi connectivity index (χ0n) is 26.4. The summed E-state index contributed by atoms with van der Waals surface area (Å²) in [5.41, 5.74) is 2.02. The molecule has 4 unspecified atom stereocenters. The van der Waals surface area contributed by atoms with E-state index in [0.717, 1.165) is 11.1 Å². The lowest BCUT2D eigenvalue weighted by atomic mass is 9.95. The van der Waals surface area contributed by atoms with E-state index in [1.165, 1.54) is 21.0 Å². The summed E-state index contributed by atoms with van der Waals surface area (Å²) in [5, 5.41) is 10.3. The highest BCUT2D eigenvalue weighted by Crippen LogP contribution is 2.29. The molecular formula is C33H44O12. The second-order valence-electron chi connectivity index (χ2n) is 10.8. The number of rotatable bonds is 11. The van der Waals surface area contributed by atoms with Gasteiger partial charge in [0.2, 0.25) is 0 Å². The summed E-state index contributed by atoms with van der Waals surface area (Å²) < 4.78 is 43.0. The maximum atomic E-state index is 11.7. The van der Waals surface area contributed by atoms with Gasteiger partial charge in [-0.25, -0.2) is 4.79 Å². The summed E-state index contributed by atoms with van der Waals surface area (Å²) in [4.78, 5) is 33.8. The van der Waals surface area contributed by atoms with Crippen LogP contribution in [0.15, 0.2) is 60.7 Å². The van der Waals surface area contributed by atoms with Crippen LogP contribution < -0.4 is 0 Å². The molecule has 12 nitrogen and oxygen atoms in total. The first-order chi connectivity index (χ1) is 21.6. The standard InChI is InChI=1S/C17H24O5.C16H20O7/c1-12-16(21-10-14-7-5-4-6-8-14)9-15(11-20-13(2)18)22-17(12)19-3;1-10(17)23-12-9-22-15(16(19)20-2)13(18)14(12)21-8-11-6-4-3-5-7-11/h4-8,12,15-17H,9-11H2,1-3H3;3-7,12-15,18H,8-9H2,1-2H3/t12?,15?,16-,17+;12?,13-,14-,15?/m10/s1. The maximum absolute atomic E-state index is 11.7. The van der Waals surface area contributed by atoms with Crippen LogP contribution >= 0.6 is 0 Å². The van der Waals surface area contributed by atoms with Gasteiger partial charge in [-0.1, -0.05) is 67.6 Å². The molecule has 2 aliphatic rings. The van der Waals surface area contributed by atoms with Crippen molar-refractivity contribution in [2.75, 3.05) is 27.4 Å². The van der Waals surface area contributed by atoms with E-state index in [1.54, 1.807) is 7.11 Å². The van der Waals surface area contributed by atoms with Gasteiger partial charge in [-0.15, -0.1) is 0 Å². The largest absolute Gasteiger partial charge is 0.467 e. The van der Waals surface area contributed by atoms with Crippen LogP contribution in [0.4, 0.5) is 0 Å². The van der Waals surface area contributed by atoms with Gasteiger partial charge < -0.3 is 43.0 Å². The Hall–Kier alpha value is -3.39. The number of hydrogen-bond donors (Lipinski definition) is 1. The van der Waals surface area contributed by atoms with E-state index in [4.69, 9.17) is 33.2 Å². The molecule has 0 amide bonds. The van der Waals surface area contributed by atoms with E-state index in [9.17, 15) is 19.5 Å². The Morgan fingerprint density at radius 3 is 2.00 bits per heavy atom. The van der Waals surface area contributed by atoms with Gasteiger partial charge in [-0.3, -0.25) is 9.59 Å². The fourth-order valence-corrected chi connectivity index (χ4v) is 5.00. The summed E-state index contributed by atoms with van der Waals surface area (Å²) in [5.74, 6) is -1.41. The van der Waals surface area contributed by atoms with Crippen molar-refractivity contribution in [3.05, 3.63) is 71.8 Å². The lowest BCUT2D eigenvalue weighted by molar-refractivity contribution is -0.249. The van der Waals surface area contributed by atoms with Gasteiger partial charge in [0.15, 0.2) is 18.5 Å². The molecule has 0 aliphatic carbocycles. The molecule has 248 valence electrons. The number of aliphatic hydroxyl groups is 1. The molecule has 0 saturated carbocycles. The van der Waals surface area contributed by atoms with Crippen LogP contribution in [0.5, 0.6) is 0 Å². The molecule has 4 rings (SSSR count). The minimum absolute atomic E-state index is 0.000496. The average molecular weight is 633 g/mol. The van der Waals surface area contributed by atoms with Gasteiger partial charge in [0.1, 0.15) is 18.8 Å². The van der Waals surface area contributed by atoms with Crippen molar-refractivity contribution in [3.63, 3.8) is 0 Å². The minimum Gasteiger partial charge on any atom is -0.467 e. The quantitative estimate of drug-likeness (QED) is 0.287. The Morgan fingerprint density at radius 1 is 0.867 bits per heavy atom. The molecule has 45 heavy (non-hydrogen) atoms. The number of carbonyl (C=O) groups is 3. The third-order valence-electron chi connectivity index (χ3n) is 7.34. The van der Waals surface area contributed by atoms with Crippen LogP contribution in [0.1, 0.15) is 38.3 Å². The number of esters is 3. The van der Waals surface area contributed by atoms with Gasteiger partial charge in [-0.2, -0.15) is 0 Å². The van der Waals surface area contributed by atoms with E-state index >= 15 is 0 Å². The van der Waals surface area contributed by atoms with Gasteiger partial charge in [0.25, 0.3) is 0 Å². The van der Waals surface area contributed by atoms with Crippen LogP contribution in [0.2, 0.25) is 0 Å². The first-order valence-electron chi connectivity index (χ1n) is 14.8. The number of hydrogen-bond acceptors (Lipinski definition) is 12. The fourth-order valence-electron chi connectivity index (χ4n) is 5.00. The van der Waals surface area contributed by atoms with Gasteiger partial charge in [0.05, 0.1) is 39.1 Å². The van der Waals surface area contributed by atoms with Gasteiger partial charge >= 0.3 is 17.9 Å². The predicted octanol–water partition coefficient (Wildman–Crippen LogP) is 2.97. The maximum Gasteiger partial charge on any atom is 0.337 e. The number of benzene rings is 2. The molecule has 8 atom stereocenters. The summed E-state index contributed by atoms with van der Waals surface area (Å²) in [6, 6.07) is 19.4. The van der Waals surface area contributed by atoms with Crippen LogP contribution in [-0.2, 0) is 65.5 Å². The topological polar surface area (TPSA) is 145 Å². The lowest BCUT2D eigenvalue weighted by Crippen LogP contribution is -2.57. The predicted molar refractivity (Wildman–Crippen MR) is 159 cm³/mol. The summed E-state index contributed by atoms with van der Waals surface area (Å²) in [7, 11) is 2.82. The van der Waals surface area contributed by atoms with Crippen LogP contribution in [0.25, 0.3) is 0 Å². The lowest BCUT2D eigenvalue weighted by Gasteiger charge is -2.39.